The van der Waals surface area contributed by atoms with Crippen LogP contribution in [0.1, 0.15) is 11.1 Å². The van der Waals surface area contributed by atoms with Crippen LogP contribution in [0.5, 0.6) is 11.5 Å². The van der Waals surface area contributed by atoms with Crippen LogP contribution < -0.4 is 34.7 Å². The molecule has 0 amide bonds. The van der Waals surface area contributed by atoms with E-state index in [0.29, 0.717) is 38.8 Å². The zero-order valence-electron chi connectivity index (χ0n) is 12.4. The molecule has 4 nitrogen and oxygen atoms in total. The van der Waals surface area contributed by atoms with Gasteiger partial charge in [0.2, 0.25) is 0 Å². The minimum atomic E-state index is -3.76. The second-order valence-electron chi connectivity index (χ2n) is 4.47. The van der Waals surface area contributed by atoms with E-state index < -0.39 is 5.77 Å². The fourth-order valence-corrected chi connectivity index (χ4v) is 7.23. The number of phenolic OH excluding ortho intramolecular Hbond substituents is 1. The molecule has 22 heavy (non-hydrogen) atoms. The Morgan fingerprint density at radius 3 is 2.14 bits per heavy atom. The van der Waals surface area contributed by atoms with Gasteiger partial charge in [0.15, 0.2) is 0 Å². The summed E-state index contributed by atoms with van der Waals surface area (Å²) >= 11 is 1.33. The van der Waals surface area contributed by atoms with Crippen molar-refractivity contribution in [1.29, 1.82) is 0 Å². The van der Waals surface area contributed by atoms with E-state index in [1.807, 2.05) is 0 Å². The maximum Gasteiger partial charge on any atom is 1.00 e. The maximum absolute atomic E-state index is 12.3. The minimum Gasteiger partial charge on any atom is -0.872 e. The number of hydrogen-bond donors (Lipinski definition) is 2. The van der Waals surface area contributed by atoms with Crippen LogP contribution in [0.3, 0.4) is 0 Å². The van der Waals surface area contributed by atoms with Gasteiger partial charge >= 0.3 is 35.3 Å². The van der Waals surface area contributed by atoms with Crippen molar-refractivity contribution in [3.05, 3.63) is 47.5 Å². The molecule has 0 radical (unpaired) electrons. The summed E-state index contributed by atoms with van der Waals surface area (Å²) in [6.07, 6.45) is 0. The van der Waals surface area contributed by atoms with Crippen LogP contribution in [0, 0.1) is 13.8 Å². The third kappa shape index (κ3) is 4.96. The van der Waals surface area contributed by atoms with Gasteiger partial charge in [-0.05, 0) is 54.3 Å². The number of rotatable bonds is 4. The maximum atomic E-state index is 12.3. The second kappa shape index (κ2) is 8.15. The smallest absolute Gasteiger partial charge is 0.872 e. The van der Waals surface area contributed by atoms with E-state index in [-0.39, 0.29) is 46.0 Å². The van der Waals surface area contributed by atoms with E-state index in [1.165, 1.54) is 6.07 Å². The average molecular weight is 364 g/mol. The fraction of sp³-hybridized carbons (Fsp3) is 0.143. The third-order valence-corrected chi connectivity index (χ3v) is 8.22. The van der Waals surface area contributed by atoms with E-state index in [4.69, 9.17) is 0 Å². The predicted molar refractivity (Wildman–Crippen MR) is 85.0 cm³/mol. The van der Waals surface area contributed by atoms with Gasteiger partial charge in [0.05, 0.1) is 4.90 Å². The summed E-state index contributed by atoms with van der Waals surface area (Å²) in [6.45, 7) is 3.37. The van der Waals surface area contributed by atoms with E-state index in [1.54, 1.807) is 44.2 Å². The molecule has 2 aromatic rings. The first-order chi connectivity index (χ1) is 9.80. The van der Waals surface area contributed by atoms with Gasteiger partial charge < -0.3 is 15.1 Å². The number of para-hydroxylation sites is 2. The van der Waals surface area contributed by atoms with E-state index in [2.05, 4.69) is 0 Å². The van der Waals surface area contributed by atoms with Crippen molar-refractivity contribution in [3.8, 4) is 11.5 Å². The second-order valence-corrected chi connectivity index (χ2v) is 11.4. The first kappa shape index (κ1) is 20.0. The predicted octanol–water partition coefficient (Wildman–Crippen LogP) is 1.07. The summed E-state index contributed by atoms with van der Waals surface area (Å²) in [4.78, 5) is 10.6. The Hall–Kier alpha value is -0.0700. The normalized spacial score (nSPS) is 13.2. The molecule has 0 fully saturated rings. The molecule has 0 aliphatic rings. The molecule has 0 aromatic heterocycles. The van der Waals surface area contributed by atoms with Crippen LogP contribution >= 0.6 is 28.5 Å². The van der Waals surface area contributed by atoms with Crippen molar-refractivity contribution < 1.29 is 49.2 Å². The molecule has 0 spiro atoms. The molecule has 8 heteroatoms. The molecular weight excluding hydrogens is 350 g/mol. The SMILES string of the molecule is Cc1cccc(SP(=O)(O)Sc2cccc(C)c2O)c1[O-].[Na+]. The molecule has 2 rings (SSSR count). The van der Waals surface area contributed by atoms with E-state index in [9.17, 15) is 19.7 Å². The summed E-state index contributed by atoms with van der Waals surface area (Å²) in [7, 11) is 0. The summed E-state index contributed by atoms with van der Waals surface area (Å²) < 4.78 is 12.3. The minimum absolute atomic E-state index is 0. The molecule has 1 atom stereocenters. The molecule has 0 heterocycles. The van der Waals surface area contributed by atoms with Gasteiger partial charge in [0.1, 0.15) is 5.75 Å². The summed E-state index contributed by atoms with van der Waals surface area (Å²) in [5, 5.41) is 21.8. The van der Waals surface area contributed by atoms with Crippen LogP contribution in [0.15, 0.2) is 46.2 Å². The first-order valence-electron chi connectivity index (χ1n) is 6.07. The summed E-state index contributed by atoms with van der Waals surface area (Å²) in [6, 6.07) is 9.85. The fourth-order valence-electron chi connectivity index (χ4n) is 1.67. The quantitative estimate of drug-likeness (QED) is 0.624. The Balaban J connectivity index is 0.00000242. The molecule has 1 unspecified atom stereocenters. The number of aromatic hydroxyl groups is 1. The monoisotopic (exact) mass is 364 g/mol. The van der Waals surface area contributed by atoms with E-state index in [0.717, 1.165) is 0 Å². The van der Waals surface area contributed by atoms with Crippen molar-refractivity contribution in [2.45, 2.75) is 23.6 Å². The van der Waals surface area contributed by atoms with Gasteiger partial charge in [0, 0.05) is 4.90 Å². The number of benzene rings is 2. The average Bonchev–Trinajstić information content (AvgIpc) is 2.40. The molecule has 112 valence electrons. The topological polar surface area (TPSA) is 80.6 Å². The molecule has 0 saturated carbocycles. The zero-order valence-corrected chi connectivity index (χ0v) is 17.0. The molecule has 0 aliphatic heterocycles. The third-order valence-electron chi connectivity index (χ3n) is 2.80. The largest absolute Gasteiger partial charge is 1.00 e. The van der Waals surface area contributed by atoms with E-state index >= 15 is 0 Å². The summed E-state index contributed by atoms with van der Waals surface area (Å²) in [5.41, 5.74) is 1.16. The zero-order chi connectivity index (χ0) is 15.6. The van der Waals surface area contributed by atoms with Crippen LogP contribution in [0.2, 0.25) is 0 Å². The number of hydrogen-bond acceptors (Lipinski definition) is 5. The Labute approximate surface area is 159 Å². The van der Waals surface area contributed by atoms with Crippen LogP contribution in [-0.2, 0) is 4.57 Å². The van der Waals surface area contributed by atoms with Crippen LogP contribution in [-0.4, -0.2) is 10.00 Å². The van der Waals surface area contributed by atoms with Gasteiger partial charge in [-0.1, -0.05) is 35.6 Å². The van der Waals surface area contributed by atoms with Gasteiger partial charge in [0.25, 0.3) is 0 Å². The molecule has 2 aromatic carbocycles. The Kier molecular flexibility index (Phi) is 7.40. The van der Waals surface area contributed by atoms with Crippen molar-refractivity contribution in [2.24, 2.45) is 0 Å². The number of phenols is 1. The van der Waals surface area contributed by atoms with Crippen molar-refractivity contribution >= 4 is 28.5 Å². The standard InChI is InChI=1S/C14H15O4PS2.Na/c1-9-5-3-7-11(13(9)15)20-19(17,18)21-12-8-4-6-10(2)14(12)16;/h3-8,15-16H,1-2H3,(H,17,18);/q;+1/p-1. The molecular formula is C14H14NaO4PS2. The Bertz CT molecular complexity index is 666. The Morgan fingerprint density at radius 2 is 1.50 bits per heavy atom. The molecule has 0 aliphatic carbocycles. The molecule has 0 bridgehead atoms. The van der Waals surface area contributed by atoms with Gasteiger partial charge in [-0.2, -0.15) is 0 Å². The van der Waals surface area contributed by atoms with Crippen molar-refractivity contribution in [2.75, 3.05) is 0 Å². The van der Waals surface area contributed by atoms with Crippen LogP contribution in [0.25, 0.3) is 0 Å². The van der Waals surface area contributed by atoms with Gasteiger partial charge in [-0.25, -0.2) is 0 Å². The molecule has 2 N–H and O–H groups in total. The first-order valence-corrected chi connectivity index (χ1v) is 10.6. The Morgan fingerprint density at radius 1 is 1.00 bits per heavy atom. The number of aryl methyl sites for hydroxylation is 2. The van der Waals surface area contributed by atoms with Crippen LogP contribution in [0.4, 0.5) is 0 Å². The van der Waals surface area contributed by atoms with Gasteiger partial charge in [-0.3, -0.25) is 4.57 Å². The van der Waals surface area contributed by atoms with Crippen molar-refractivity contribution in [3.63, 3.8) is 0 Å². The van der Waals surface area contributed by atoms with Crippen molar-refractivity contribution in [1.82, 2.24) is 0 Å². The van der Waals surface area contributed by atoms with Gasteiger partial charge in [-0.15, -0.1) is 0 Å². The summed E-state index contributed by atoms with van der Waals surface area (Å²) in [5.74, 6) is -4.01. The molecule has 0 saturated heterocycles.